The number of likely N-dealkylation sites (tertiary alicyclic amines) is 1. The Labute approximate surface area is 117 Å². The summed E-state index contributed by atoms with van der Waals surface area (Å²) in [6.45, 7) is 9.19. The number of piperidine rings is 1. The van der Waals surface area contributed by atoms with Crippen molar-refractivity contribution in [1.82, 2.24) is 9.88 Å². The van der Waals surface area contributed by atoms with Gasteiger partial charge in [-0.1, -0.05) is 20.8 Å². The van der Waals surface area contributed by atoms with Crippen molar-refractivity contribution in [3.05, 3.63) is 30.1 Å². The Bertz CT molecular complexity index is 388. The zero-order valence-corrected chi connectivity index (χ0v) is 12.5. The van der Waals surface area contributed by atoms with Crippen molar-refractivity contribution < 1.29 is 0 Å². The van der Waals surface area contributed by atoms with Crippen molar-refractivity contribution in [3.8, 4) is 0 Å². The van der Waals surface area contributed by atoms with Crippen LogP contribution in [0, 0.1) is 5.41 Å². The summed E-state index contributed by atoms with van der Waals surface area (Å²) in [6.07, 6.45) is 7.34. The number of hydrogen-bond acceptors (Lipinski definition) is 3. The lowest BCUT2D eigenvalue weighted by atomic mass is 9.82. The van der Waals surface area contributed by atoms with Gasteiger partial charge in [-0.25, -0.2) is 0 Å². The third-order valence-corrected chi connectivity index (χ3v) is 4.25. The van der Waals surface area contributed by atoms with E-state index in [-0.39, 0.29) is 6.04 Å². The molecule has 1 aliphatic heterocycles. The zero-order valence-electron chi connectivity index (χ0n) is 12.5. The second kappa shape index (κ2) is 6.02. The Kier molecular flexibility index (Phi) is 4.58. The molecule has 2 unspecified atom stereocenters. The fourth-order valence-electron chi connectivity index (χ4n) is 3.22. The summed E-state index contributed by atoms with van der Waals surface area (Å²) in [4.78, 5) is 6.70. The molecule has 19 heavy (non-hydrogen) atoms. The van der Waals surface area contributed by atoms with Crippen molar-refractivity contribution in [2.24, 2.45) is 11.1 Å². The van der Waals surface area contributed by atoms with Crippen LogP contribution in [0.2, 0.25) is 0 Å². The summed E-state index contributed by atoms with van der Waals surface area (Å²) in [6, 6.07) is 4.74. The standard InChI is InChI=1S/C16H27N3/c1-4-14(17)15(13-6-9-18-10-7-13)19-11-5-8-16(2,3)12-19/h6-7,9-10,14-15H,4-5,8,11-12,17H2,1-3H3. The van der Waals surface area contributed by atoms with E-state index in [1.54, 1.807) is 0 Å². The van der Waals surface area contributed by atoms with Crippen molar-refractivity contribution in [2.75, 3.05) is 13.1 Å². The van der Waals surface area contributed by atoms with Gasteiger partial charge < -0.3 is 5.73 Å². The summed E-state index contributed by atoms with van der Waals surface area (Å²) in [5.74, 6) is 0. The second-order valence-corrected chi connectivity index (χ2v) is 6.54. The quantitative estimate of drug-likeness (QED) is 0.906. The zero-order chi connectivity index (χ0) is 13.9. The molecule has 2 atom stereocenters. The van der Waals surface area contributed by atoms with Gasteiger partial charge in [-0.3, -0.25) is 9.88 Å². The van der Waals surface area contributed by atoms with Crippen LogP contribution in [0.3, 0.4) is 0 Å². The number of nitrogens with zero attached hydrogens (tertiary/aromatic N) is 2. The van der Waals surface area contributed by atoms with Gasteiger partial charge in [0.25, 0.3) is 0 Å². The molecular weight excluding hydrogens is 234 g/mol. The largest absolute Gasteiger partial charge is 0.326 e. The highest BCUT2D eigenvalue weighted by Gasteiger charge is 2.33. The molecule has 0 aromatic carbocycles. The van der Waals surface area contributed by atoms with E-state index in [9.17, 15) is 0 Å². The van der Waals surface area contributed by atoms with E-state index in [1.807, 2.05) is 12.4 Å². The molecule has 0 saturated carbocycles. The lowest BCUT2D eigenvalue weighted by Gasteiger charge is -2.44. The van der Waals surface area contributed by atoms with Crippen LogP contribution in [0.4, 0.5) is 0 Å². The van der Waals surface area contributed by atoms with Gasteiger partial charge >= 0.3 is 0 Å². The molecule has 3 heteroatoms. The van der Waals surface area contributed by atoms with Crippen LogP contribution >= 0.6 is 0 Å². The van der Waals surface area contributed by atoms with E-state index in [0.29, 0.717) is 11.5 Å². The van der Waals surface area contributed by atoms with E-state index in [2.05, 4.69) is 42.8 Å². The average Bonchev–Trinajstić information content (AvgIpc) is 2.39. The van der Waals surface area contributed by atoms with Gasteiger partial charge in [-0.05, 0) is 48.9 Å². The number of aromatic nitrogens is 1. The molecule has 1 fully saturated rings. The van der Waals surface area contributed by atoms with Gasteiger partial charge in [-0.15, -0.1) is 0 Å². The summed E-state index contributed by atoms with van der Waals surface area (Å²) in [5, 5.41) is 0. The molecule has 3 nitrogen and oxygen atoms in total. The van der Waals surface area contributed by atoms with Crippen LogP contribution in [0.25, 0.3) is 0 Å². The first-order valence-electron chi connectivity index (χ1n) is 7.43. The van der Waals surface area contributed by atoms with Gasteiger partial charge in [-0.2, -0.15) is 0 Å². The van der Waals surface area contributed by atoms with Crippen molar-refractivity contribution >= 4 is 0 Å². The molecule has 2 heterocycles. The molecule has 1 saturated heterocycles. The highest BCUT2D eigenvalue weighted by atomic mass is 15.2. The lowest BCUT2D eigenvalue weighted by molar-refractivity contribution is 0.0657. The van der Waals surface area contributed by atoms with Crippen LogP contribution in [0.5, 0.6) is 0 Å². The van der Waals surface area contributed by atoms with Crippen molar-refractivity contribution in [2.45, 2.75) is 52.1 Å². The van der Waals surface area contributed by atoms with E-state index in [1.165, 1.54) is 18.4 Å². The van der Waals surface area contributed by atoms with Crippen LogP contribution in [-0.4, -0.2) is 29.0 Å². The van der Waals surface area contributed by atoms with E-state index < -0.39 is 0 Å². The Morgan fingerprint density at radius 1 is 1.37 bits per heavy atom. The average molecular weight is 261 g/mol. The van der Waals surface area contributed by atoms with Crippen molar-refractivity contribution in [1.29, 1.82) is 0 Å². The maximum atomic E-state index is 6.41. The molecule has 106 valence electrons. The van der Waals surface area contributed by atoms with Gasteiger partial charge in [0.2, 0.25) is 0 Å². The molecular formula is C16H27N3. The van der Waals surface area contributed by atoms with Crippen LogP contribution in [-0.2, 0) is 0 Å². The molecule has 0 radical (unpaired) electrons. The third-order valence-electron chi connectivity index (χ3n) is 4.25. The maximum Gasteiger partial charge on any atom is 0.0500 e. The monoisotopic (exact) mass is 261 g/mol. The predicted molar refractivity (Wildman–Crippen MR) is 79.8 cm³/mol. The van der Waals surface area contributed by atoms with Crippen LogP contribution < -0.4 is 5.73 Å². The molecule has 1 aromatic heterocycles. The SMILES string of the molecule is CCC(N)C(c1ccncc1)N1CCCC(C)(C)C1. The Balaban J connectivity index is 2.23. The topological polar surface area (TPSA) is 42.1 Å². The highest BCUT2D eigenvalue weighted by Crippen LogP contribution is 2.35. The second-order valence-electron chi connectivity index (χ2n) is 6.54. The van der Waals surface area contributed by atoms with Crippen LogP contribution in [0.1, 0.15) is 51.6 Å². The normalized spacial score (nSPS) is 22.9. The summed E-state index contributed by atoms with van der Waals surface area (Å²) < 4.78 is 0. The first-order valence-corrected chi connectivity index (χ1v) is 7.43. The fraction of sp³-hybridized carbons (Fsp3) is 0.688. The number of nitrogens with two attached hydrogens (primary N) is 1. The van der Waals surface area contributed by atoms with Gasteiger partial charge in [0, 0.05) is 31.0 Å². The summed E-state index contributed by atoms with van der Waals surface area (Å²) in [5.41, 5.74) is 8.11. The van der Waals surface area contributed by atoms with Crippen molar-refractivity contribution in [3.63, 3.8) is 0 Å². The van der Waals surface area contributed by atoms with Crippen LogP contribution in [0.15, 0.2) is 24.5 Å². The van der Waals surface area contributed by atoms with E-state index in [0.717, 1.165) is 19.5 Å². The predicted octanol–water partition coefficient (Wildman–Crippen LogP) is 2.98. The van der Waals surface area contributed by atoms with E-state index in [4.69, 9.17) is 5.73 Å². The lowest BCUT2D eigenvalue weighted by Crippen LogP contribution is -2.47. The molecule has 0 aliphatic carbocycles. The first-order chi connectivity index (χ1) is 9.03. The number of hydrogen-bond donors (Lipinski definition) is 1. The smallest absolute Gasteiger partial charge is 0.0500 e. The maximum absolute atomic E-state index is 6.41. The minimum absolute atomic E-state index is 0.191. The Hall–Kier alpha value is -0.930. The summed E-state index contributed by atoms with van der Waals surface area (Å²) in [7, 11) is 0. The minimum atomic E-state index is 0.191. The molecule has 0 bridgehead atoms. The molecule has 1 aromatic rings. The highest BCUT2D eigenvalue weighted by molar-refractivity contribution is 5.18. The van der Waals surface area contributed by atoms with Gasteiger partial charge in [0.05, 0.1) is 0 Å². The molecule has 0 spiro atoms. The third kappa shape index (κ3) is 3.54. The Morgan fingerprint density at radius 2 is 2.05 bits per heavy atom. The fourth-order valence-corrected chi connectivity index (χ4v) is 3.22. The first kappa shape index (κ1) is 14.5. The molecule has 2 N–H and O–H groups in total. The Morgan fingerprint density at radius 3 is 2.63 bits per heavy atom. The molecule has 2 rings (SSSR count). The molecule has 1 aliphatic rings. The van der Waals surface area contributed by atoms with E-state index >= 15 is 0 Å². The summed E-state index contributed by atoms with van der Waals surface area (Å²) >= 11 is 0. The number of pyridine rings is 1. The van der Waals surface area contributed by atoms with Gasteiger partial charge in [0.15, 0.2) is 0 Å². The number of rotatable bonds is 4. The minimum Gasteiger partial charge on any atom is -0.326 e. The molecule has 0 amide bonds. The van der Waals surface area contributed by atoms with Gasteiger partial charge in [0.1, 0.15) is 0 Å².